The zero-order valence-electron chi connectivity index (χ0n) is 18.7. The number of hydrogen-bond acceptors (Lipinski definition) is 8. The molecule has 1 fully saturated rings. The minimum Gasteiger partial charge on any atom is -0.464 e. The number of fused-ring (bicyclic) bond motifs is 2. The highest BCUT2D eigenvalue weighted by Crippen LogP contribution is 2.35. The maximum absolute atomic E-state index is 12.8. The third-order valence-corrected chi connectivity index (χ3v) is 8.74. The van der Waals surface area contributed by atoms with Gasteiger partial charge in [-0.05, 0) is 46.9 Å². The van der Waals surface area contributed by atoms with Crippen molar-refractivity contribution >= 4 is 34.6 Å². The molecule has 1 amide bonds. The summed E-state index contributed by atoms with van der Waals surface area (Å²) in [6.45, 7) is 5.40. The van der Waals surface area contributed by atoms with Gasteiger partial charge in [0.25, 0.3) is 0 Å². The largest absolute Gasteiger partial charge is 0.464 e. The molecule has 3 aliphatic heterocycles. The molecule has 0 radical (unpaired) electrons. The van der Waals surface area contributed by atoms with Crippen molar-refractivity contribution in [3.8, 4) is 0 Å². The van der Waals surface area contributed by atoms with E-state index in [1.165, 1.54) is 16.0 Å². The Morgan fingerprint density at radius 1 is 0.909 bits per heavy atom. The number of carbonyl (C=O) groups excluding carboxylic acids is 2. The van der Waals surface area contributed by atoms with Crippen molar-refractivity contribution in [1.29, 1.82) is 0 Å². The highest BCUT2D eigenvalue weighted by molar-refractivity contribution is 7.10. The highest BCUT2D eigenvalue weighted by atomic mass is 32.1. The lowest BCUT2D eigenvalue weighted by Crippen LogP contribution is -2.49. The van der Waals surface area contributed by atoms with E-state index in [0.717, 1.165) is 30.8 Å². The van der Waals surface area contributed by atoms with Crippen LogP contribution in [0.1, 0.15) is 45.9 Å². The predicted octanol–water partition coefficient (Wildman–Crippen LogP) is 3.21. The number of nitrogens with zero attached hydrogens (tertiary/aromatic N) is 2. The van der Waals surface area contributed by atoms with Crippen LogP contribution in [-0.4, -0.2) is 74.2 Å². The zero-order chi connectivity index (χ0) is 22.6. The van der Waals surface area contributed by atoms with Crippen LogP contribution in [0.15, 0.2) is 22.9 Å². The molecule has 7 nitrogen and oxygen atoms in total. The van der Waals surface area contributed by atoms with Crippen LogP contribution in [0.5, 0.6) is 0 Å². The van der Waals surface area contributed by atoms with E-state index >= 15 is 0 Å². The standard InChI is InChI=1S/C24H30N2O5S2/c27-21(15-19-23-17(1-10-29-19)3-13-32-23)26-7-5-25(6-8-26)9-12-31-22(28)16-20-24-18(2-11-30-20)4-14-33-24/h3-4,13-14,19-20H,1-2,5-12,15-16H2. The summed E-state index contributed by atoms with van der Waals surface area (Å²) in [5, 5.41) is 4.15. The van der Waals surface area contributed by atoms with Gasteiger partial charge in [-0.3, -0.25) is 14.5 Å². The van der Waals surface area contributed by atoms with Crippen molar-refractivity contribution < 1.29 is 23.8 Å². The maximum atomic E-state index is 12.8. The number of rotatable bonds is 7. The first kappa shape index (κ1) is 23.0. The molecule has 0 bridgehead atoms. The Labute approximate surface area is 202 Å². The molecule has 2 unspecified atom stereocenters. The van der Waals surface area contributed by atoms with Gasteiger partial charge in [-0.1, -0.05) is 0 Å². The molecular formula is C24H30N2O5S2. The third kappa shape index (κ3) is 5.49. The Morgan fingerprint density at radius 3 is 2.15 bits per heavy atom. The lowest BCUT2D eigenvalue weighted by Gasteiger charge is -2.35. The molecule has 2 aromatic rings. The number of piperazine rings is 1. The third-order valence-electron chi connectivity index (χ3n) is 6.63. The molecule has 0 saturated carbocycles. The summed E-state index contributed by atoms with van der Waals surface area (Å²) < 4.78 is 17.2. The smallest absolute Gasteiger partial charge is 0.308 e. The molecule has 178 valence electrons. The van der Waals surface area contributed by atoms with Crippen molar-refractivity contribution in [2.24, 2.45) is 0 Å². The van der Waals surface area contributed by atoms with Crippen molar-refractivity contribution in [3.63, 3.8) is 0 Å². The highest BCUT2D eigenvalue weighted by Gasteiger charge is 2.29. The van der Waals surface area contributed by atoms with E-state index < -0.39 is 0 Å². The molecule has 2 aromatic heterocycles. The summed E-state index contributed by atoms with van der Waals surface area (Å²) in [6.07, 6.45) is 2.27. The van der Waals surface area contributed by atoms with E-state index in [4.69, 9.17) is 14.2 Å². The van der Waals surface area contributed by atoms with E-state index in [-0.39, 0.29) is 30.5 Å². The van der Waals surface area contributed by atoms with Crippen molar-refractivity contribution in [1.82, 2.24) is 9.80 Å². The van der Waals surface area contributed by atoms with Gasteiger partial charge in [0.1, 0.15) is 18.8 Å². The summed E-state index contributed by atoms with van der Waals surface area (Å²) in [6, 6.07) is 4.26. The molecule has 9 heteroatoms. The summed E-state index contributed by atoms with van der Waals surface area (Å²) in [5.41, 5.74) is 2.62. The Hall–Kier alpha value is -1.78. The van der Waals surface area contributed by atoms with Crippen LogP contribution < -0.4 is 0 Å². The predicted molar refractivity (Wildman–Crippen MR) is 127 cm³/mol. The topological polar surface area (TPSA) is 68.3 Å². The number of carbonyl (C=O) groups is 2. The molecule has 1 saturated heterocycles. The second-order valence-corrected chi connectivity index (χ2v) is 10.6. The minimum absolute atomic E-state index is 0.0999. The number of hydrogen-bond donors (Lipinski definition) is 0. The summed E-state index contributed by atoms with van der Waals surface area (Å²) >= 11 is 3.34. The monoisotopic (exact) mass is 490 g/mol. The van der Waals surface area contributed by atoms with Gasteiger partial charge in [-0.2, -0.15) is 0 Å². The molecule has 0 aromatic carbocycles. The molecule has 0 spiro atoms. The molecule has 2 atom stereocenters. The van der Waals surface area contributed by atoms with Gasteiger partial charge < -0.3 is 19.1 Å². The van der Waals surface area contributed by atoms with Gasteiger partial charge >= 0.3 is 5.97 Å². The molecule has 0 aliphatic carbocycles. The van der Waals surface area contributed by atoms with Crippen LogP contribution in [0.4, 0.5) is 0 Å². The lowest BCUT2D eigenvalue weighted by molar-refractivity contribution is -0.147. The Balaban J connectivity index is 1.00. The number of amides is 1. The van der Waals surface area contributed by atoms with E-state index in [1.807, 2.05) is 4.90 Å². The van der Waals surface area contributed by atoms with Crippen LogP contribution in [0.25, 0.3) is 0 Å². The first-order chi connectivity index (χ1) is 16.2. The lowest BCUT2D eigenvalue weighted by atomic mass is 10.0. The Morgan fingerprint density at radius 2 is 1.52 bits per heavy atom. The van der Waals surface area contributed by atoms with Crippen molar-refractivity contribution in [2.45, 2.75) is 37.9 Å². The summed E-state index contributed by atoms with van der Waals surface area (Å²) in [5.74, 6) is -0.0525. The van der Waals surface area contributed by atoms with Crippen LogP contribution in [-0.2, 0) is 36.6 Å². The second kappa shape index (κ2) is 10.7. The normalized spacial score (nSPS) is 23.1. The van der Waals surface area contributed by atoms with E-state index in [1.54, 1.807) is 22.7 Å². The van der Waals surface area contributed by atoms with Gasteiger partial charge in [0.15, 0.2) is 0 Å². The Kier molecular flexibility index (Phi) is 7.42. The van der Waals surface area contributed by atoms with Gasteiger partial charge in [-0.25, -0.2) is 0 Å². The van der Waals surface area contributed by atoms with Crippen LogP contribution >= 0.6 is 22.7 Å². The molecular weight excluding hydrogens is 460 g/mol. The quantitative estimate of drug-likeness (QED) is 0.556. The van der Waals surface area contributed by atoms with Gasteiger partial charge in [0.2, 0.25) is 5.91 Å². The van der Waals surface area contributed by atoms with Gasteiger partial charge in [0.05, 0.1) is 26.1 Å². The number of thiophene rings is 2. The average Bonchev–Trinajstić information content (AvgIpc) is 3.50. The maximum Gasteiger partial charge on any atom is 0.308 e. The van der Waals surface area contributed by atoms with Crippen molar-refractivity contribution in [3.05, 3.63) is 43.8 Å². The average molecular weight is 491 g/mol. The van der Waals surface area contributed by atoms with E-state index in [2.05, 4.69) is 27.8 Å². The number of ether oxygens (including phenoxy) is 3. The SMILES string of the molecule is O=C(CC1OCCc2ccsc21)OCCN1CCN(C(=O)CC2OCCc3ccsc32)CC1. The van der Waals surface area contributed by atoms with Crippen LogP contribution in [0.3, 0.4) is 0 Å². The second-order valence-electron chi connectivity index (χ2n) is 8.69. The minimum atomic E-state index is -0.213. The molecule has 3 aliphatic rings. The Bertz CT molecular complexity index is 963. The van der Waals surface area contributed by atoms with Crippen LogP contribution in [0, 0.1) is 0 Å². The number of esters is 1. The zero-order valence-corrected chi connectivity index (χ0v) is 20.3. The van der Waals surface area contributed by atoms with Crippen LogP contribution in [0.2, 0.25) is 0 Å². The molecule has 0 N–H and O–H groups in total. The fourth-order valence-electron chi connectivity index (χ4n) is 4.76. The van der Waals surface area contributed by atoms with E-state index in [9.17, 15) is 9.59 Å². The fraction of sp³-hybridized carbons (Fsp3) is 0.583. The first-order valence-electron chi connectivity index (χ1n) is 11.7. The molecule has 33 heavy (non-hydrogen) atoms. The summed E-state index contributed by atoms with van der Waals surface area (Å²) in [7, 11) is 0. The molecule has 5 rings (SSSR count). The van der Waals surface area contributed by atoms with Gasteiger partial charge in [0, 0.05) is 42.5 Å². The van der Waals surface area contributed by atoms with E-state index in [0.29, 0.717) is 45.9 Å². The van der Waals surface area contributed by atoms with Gasteiger partial charge in [-0.15, -0.1) is 22.7 Å². The fourth-order valence-corrected chi connectivity index (χ4v) is 6.76. The first-order valence-corrected chi connectivity index (χ1v) is 13.4. The molecule has 5 heterocycles. The van der Waals surface area contributed by atoms with Crippen molar-refractivity contribution in [2.75, 3.05) is 52.5 Å². The summed E-state index contributed by atoms with van der Waals surface area (Å²) in [4.78, 5) is 31.7.